The average molecular weight is 542 g/mol. The van der Waals surface area contributed by atoms with E-state index in [9.17, 15) is 24.6 Å². The zero-order chi connectivity index (χ0) is 29.0. The Labute approximate surface area is 231 Å². The lowest BCUT2D eigenvalue weighted by molar-refractivity contribution is -0.125. The van der Waals surface area contributed by atoms with Gasteiger partial charge in [0.2, 0.25) is 5.91 Å². The second kappa shape index (κ2) is 15.1. The van der Waals surface area contributed by atoms with Gasteiger partial charge < -0.3 is 30.9 Å². The molecular weight excluding hydrogens is 498 g/mol. The van der Waals surface area contributed by atoms with Crippen LogP contribution < -0.4 is 16.0 Å². The molecule has 2 aromatic rings. The van der Waals surface area contributed by atoms with Gasteiger partial charge in [0.25, 0.3) is 0 Å². The topological polar surface area (TPSA) is 137 Å². The van der Waals surface area contributed by atoms with Crippen LogP contribution in [0.2, 0.25) is 0 Å². The average Bonchev–Trinajstić information content (AvgIpc) is 2.86. The maximum atomic E-state index is 13.3. The van der Waals surface area contributed by atoms with Gasteiger partial charge in [-0.1, -0.05) is 80.9 Å². The normalized spacial score (nSPS) is 15.2. The highest BCUT2D eigenvalue weighted by atomic mass is 16.6. The third kappa shape index (κ3) is 11.8. The summed E-state index contributed by atoms with van der Waals surface area (Å²) < 4.78 is 5.45. The van der Waals surface area contributed by atoms with Crippen LogP contribution in [0.5, 0.6) is 0 Å². The summed E-state index contributed by atoms with van der Waals surface area (Å²) in [6.45, 7) is 9.00. The van der Waals surface area contributed by atoms with Gasteiger partial charge in [0.15, 0.2) is 0 Å². The Morgan fingerprint density at radius 2 is 1.41 bits per heavy atom. The van der Waals surface area contributed by atoms with Gasteiger partial charge in [-0.2, -0.15) is 0 Å². The number of aliphatic hydroxyl groups is 1. The monoisotopic (exact) mass is 541 g/mol. The molecule has 5 atom stereocenters. The number of benzene rings is 2. The molecule has 0 aliphatic heterocycles. The van der Waals surface area contributed by atoms with Crippen LogP contribution >= 0.6 is 0 Å². The highest BCUT2D eigenvalue weighted by Gasteiger charge is 2.32. The summed E-state index contributed by atoms with van der Waals surface area (Å²) in [5, 5.41) is 28.8. The number of carboxylic acid groups (broad SMARTS) is 1. The largest absolute Gasteiger partial charge is 0.465 e. The number of carbonyl (C=O) groups excluding carboxylic acids is 2. The SMILES string of the molecule is CC[C@H](C)[C@H](NC(=O)O)C(=O)N[C@@H](Cc1ccccc1)[C@H](O)C[C@H](Cc1ccccc1)NC(=O)OC(C)(C)C. The number of hydrogen-bond acceptors (Lipinski definition) is 5. The van der Waals surface area contributed by atoms with Gasteiger partial charge in [0.1, 0.15) is 11.6 Å². The van der Waals surface area contributed by atoms with Gasteiger partial charge in [-0.05, 0) is 57.1 Å². The van der Waals surface area contributed by atoms with E-state index in [0.717, 1.165) is 11.1 Å². The molecule has 0 saturated carbocycles. The molecule has 0 aromatic heterocycles. The van der Waals surface area contributed by atoms with E-state index >= 15 is 0 Å². The van der Waals surface area contributed by atoms with Crippen molar-refractivity contribution in [2.24, 2.45) is 5.92 Å². The van der Waals surface area contributed by atoms with Crippen molar-refractivity contribution < 1.29 is 29.3 Å². The molecule has 2 rings (SSSR count). The zero-order valence-corrected chi connectivity index (χ0v) is 23.5. The first kappa shape index (κ1) is 31.6. The molecule has 9 heteroatoms. The Morgan fingerprint density at radius 1 is 0.872 bits per heavy atom. The van der Waals surface area contributed by atoms with Crippen LogP contribution in [0.3, 0.4) is 0 Å². The fraction of sp³-hybridized carbons (Fsp3) is 0.500. The minimum Gasteiger partial charge on any atom is -0.465 e. The maximum Gasteiger partial charge on any atom is 0.407 e. The molecule has 0 unspecified atom stereocenters. The van der Waals surface area contributed by atoms with Crippen molar-refractivity contribution in [2.45, 2.75) is 90.1 Å². The minimum absolute atomic E-state index is 0.131. The molecule has 5 N–H and O–H groups in total. The van der Waals surface area contributed by atoms with Crippen LogP contribution in [0.15, 0.2) is 60.7 Å². The number of rotatable bonds is 13. The highest BCUT2D eigenvalue weighted by Crippen LogP contribution is 2.16. The molecule has 0 aliphatic rings. The van der Waals surface area contributed by atoms with E-state index in [1.807, 2.05) is 67.6 Å². The molecule has 0 spiro atoms. The van der Waals surface area contributed by atoms with Crippen LogP contribution in [-0.4, -0.2) is 58.1 Å². The zero-order valence-electron chi connectivity index (χ0n) is 23.5. The number of carbonyl (C=O) groups is 3. The maximum absolute atomic E-state index is 13.3. The molecule has 0 fully saturated rings. The Balaban J connectivity index is 2.29. The Bertz CT molecular complexity index is 1040. The first-order valence-electron chi connectivity index (χ1n) is 13.4. The lowest BCUT2D eigenvalue weighted by Gasteiger charge is -2.31. The van der Waals surface area contributed by atoms with Crippen molar-refractivity contribution in [2.75, 3.05) is 0 Å². The van der Waals surface area contributed by atoms with E-state index in [1.165, 1.54) is 0 Å². The minimum atomic E-state index is -1.29. The van der Waals surface area contributed by atoms with Gasteiger partial charge in [0.05, 0.1) is 12.1 Å². The molecule has 0 bridgehead atoms. The molecule has 0 saturated heterocycles. The molecule has 39 heavy (non-hydrogen) atoms. The number of amides is 3. The molecule has 0 radical (unpaired) electrons. The summed E-state index contributed by atoms with van der Waals surface area (Å²) in [5.74, 6) is -0.762. The summed E-state index contributed by atoms with van der Waals surface area (Å²) in [7, 11) is 0. The fourth-order valence-corrected chi connectivity index (χ4v) is 4.28. The smallest absolute Gasteiger partial charge is 0.407 e. The molecule has 9 nitrogen and oxygen atoms in total. The fourth-order valence-electron chi connectivity index (χ4n) is 4.28. The second-order valence-electron chi connectivity index (χ2n) is 11.0. The predicted octanol–water partition coefficient (Wildman–Crippen LogP) is 4.28. The highest BCUT2D eigenvalue weighted by molar-refractivity contribution is 5.85. The van der Waals surface area contributed by atoms with Crippen molar-refractivity contribution in [1.29, 1.82) is 0 Å². The Hall–Kier alpha value is -3.59. The summed E-state index contributed by atoms with van der Waals surface area (Å²) in [6, 6.07) is 16.8. The van der Waals surface area contributed by atoms with Crippen LogP contribution in [0.25, 0.3) is 0 Å². The number of aliphatic hydroxyl groups excluding tert-OH is 1. The number of alkyl carbamates (subject to hydrolysis) is 1. The van der Waals surface area contributed by atoms with Crippen molar-refractivity contribution in [1.82, 2.24) is 16.0 Å². The Kier molecular flexibility index (Phi) is 12.3. The van der Waals surface area contributed by atoms with Crippen molar-refractivity contribution in [3.05, 3.63) is 71.8 Å². The van der Waals surface area contributed by atoms with E-state index in [1.54, 1.807) is 27.7 Å². The van der Waals surface area contributed by atoms with Crippen LogP contribution in [0.1, 0.15) is 58.6 Å². The standard InChI is InChI=1S/C30H43N3O6/c1-6-20(2)26(33-28(36)37)27(35)32-24(18-22-15-11-8-12-16-22)25(34)19-23(17-21-13-9-7-10-14-21)31-29(38)39-30(3,4)5/h7-16,20,23-26,33-34H,6,17-19H2,1-5H3,(H,31,38)(H,32,35)(H,36,37)/t20-,23-,24-,25+,26-/m0/s1. The molecule has 214 valence electrons. The quantitative estimate of drug-likeness (QED) is 0.257. The van der Waals surface area contributed by atoms with Crippen LogP contribution in [0.4, 0.5) is 9.59 Å². The van der Waals surface area contributed by atoms with Gasteiger partial charge in [0, 0.05) is 6.04 Å². The molecule has 3 amide bonds. The number of nitrogens with one attached hydrogen (secondary N) is 3. The van der Waals surface area contributed by atoms with E-state index in [2.05, 4.69) is 16.0 Å². The second-order valence-corrected chi connectivity index (χ2v) is 11.0. The van der Waals surface area contributed by atoms with E-state index in [-0.39, 0.29) is 12.3 Å². The summed E-state index contributed by atoms with van der Waals surface area (Å²) in [5.41, 5.74) is 1.18. The summed E-state index contributed by atoms with van der Waals surface area (Å²) >= 11 is 0. The lowest BCUT2D eigenvalue weighted by atomic mass is 9.92. The third-order valence-corrected chi connectivity index (χ3v) is 6.44. The molecular formula is C30H43N3O6. The summed E-state index contributed by atoms with van der Waals surface area (Å²) in [6.07, 6.45) is -1.46. The van der Waals surface area contributed by atoms with E-state index < -0.39 is 47.9 Å². The first-order valence-corrected chi connectivity index (χ1v) is 13.4. The number of hydrogen-bond donors (Lipinski definition) is 5. The predicted molar refractivity (Wildman–Crippen MR) is 150 cm³/mol. The molecule has 0 heterocycles. The van der Waals surface area contributed by atoms with Crippen molar-refractivity contribution >= 4 is 18.1 Å². The first-order chi connectivity index (χ1) is 18.4. The van der Waals surface area contributed by atoms with Gasteiger partial charge in [-0.15, -0.1) is 0 Å². The lowest BCUT2D eigenvalue weighted by Crippen LogP contribution is -2.56. The molecule has 0 aliphatic carbocycles. The van der Waals surface area contributed by atoms with E-state index in [4.69, 9.17) is 4.74 Å². The van der Waals surface area contributed by atoms with Crippen LogP contribution in [0, 0.1) is 5.92 Å². The van der Waals surface area contributed by atoms with Gasteiger partial charge in [-0.3, -0.25) is 4.79 Å². The Morgan fingerprint density at radius 3 is 1.90 bits per heavy atom. The van der Waals surface area contributed by atoms with Crippen molar-refractivity contribution in [3.63, 3.8) is 0 Å². The summed E-state index contributed by atoms with van der Waals surface area (Å²) in [4.78, 5) is 37.3. The van der Waals surface area contributed by atoms with E-state index in [0.29, 0.717) is 19.3 Å². The van der Waals surface area contributed by atoms with Crippen molar-refractivity contribution in [3.8, 4) is 0 Å². The van der Waals surface area contributed by atoms with Crippen LogP contribution in [-0.2, 0) is 22.4 Å². The molecule has 2 aromatic carbocycles. The number of ether oxygens (including phenoxy) is 1. The third-order valence-electron chi connectivity index (χ3n) is 6.44. The van der Waals surface area contributed by atoms with Gasteiger partial charge >= 0.3 is 12.2 Å². The van der Waals surface area contributed by atoms with Gasteiger partial charge in [-0.25, -0.2) is 9.59 Å².